The molecule has 1 spiro atoms. The van der Waals surface area contributed by atoms with Crippen molar-refractivity contribution in [3.05, 3.63) is 0 Å². The summed E-state index contributed by atoms with van der Waals surface area (Å²) in [5.41, 5.74) is 0.838. The van der Waals surface area contributed by atoms with Gasteiger partial charge < -0.3 is 4.74 Å². The van der Waals surface area contributed by atoms with E-state index in [0.29, 0.717) is 11.0 Å². The van der Waals surface area contributed by atoms with Gasteiger partial charge in [0.25, 0.3) is 0 Å². The van der Waals surface area contributed by atoms with E-state index in [9.17, 15) is 0 Å². The van der Waals surface area contributed by atoms with Crippen LogP contribution in [0.5, 0.6) is 0 Å². The highest BCUT2D eigenvalue weighted by atomic mass is 16.5. The van der Waals surface area contributed by atoms with Crippen LogP contribution < -0.4 is 0 Å². The zero-order valence-corrected chi connectivity index (χ0v) is 9.26. The van der Waals surface area contributed by atoms with Gasteiger partial charge >= 0.3 is 0 Å². The van der Waals surface area contributed by atoms with Crippen molar-refractivity contribution in [1.29, 1.82) is 0 Å². The lowest BCUT2D eigenvalue weighted by Crippen LogP contribution is -2.48. The van der Waals surface area contributed by atoms with E-state index < -0.39 is 0 Å². The first-order valence-electron chi connectivity index (χ1n) is 5.28. The Morgan fingerprint density at radius 2 is 1.92 bits per heavy atom. The molecule has 0 aromatic carbocycles. The second-order valence-corrected chi connectivity index (χ2v) is 5.84. The van der Waals surface area contributed by atoms with Crippen molar-refractivity contribution >= 4 is 0 Å². The van der Waals surface area contributed by atoms with Crippen LogP contribution in [0.3, 0.4) is 0 Å². The van der Waals surface area contributed by atoms with Crippen LogP contribution >= 0.6 is 0 Å². The van der Waals surface area contributed by atoms with E-state index in [1.165, 1.54) is 13.0 Å². The summed E-state index contributed by atoms with van der Waals surface area (Å²) in [6.45, 7) is 12.5. The van der Waals surface area contributed by atoms with E-state index in [-0.39, 0.29) is 0 Å². The molecular weight excluding hydrogens is 162 g/mol. The molecule has 1 unspecified atom stereocenters. The average molecular weight is 183 g/mol. The van der Waals surface area contributed by atoms with Gasteiger partial charge in [0.15, 0.2) is 0 Å². The van der Waals surface area contributed by atoms with Crippen LogP contribution in [0, 0.1) is 5.41 Å². The lowest BCUT2D eigenvalue weighted by Gasteiger charge is -2.40. The lowest BCUT2D eigenvalue weighted by molar-refractivity contribution is -0.107. The Morgan fingerprint density at radius 1 is 1.31 bits per heavy atom. The molecule has 2 fully saturated rings. The van der Waals surface area contributed by atoms with Crippen LogP contribution in [-0.2, 0) is 4.74 Å². The van der Waals surface area contributed by atoms with Crippen LogP contribution in [0.15, 0.2) is 0 Å². The fourth-order valence-corrected chi connectivity index (χ4v) is 2.82. The maximum atomic E-state index is 5.34. The third-order valence-electron chi connectivity index (χ3n) is 3.44. The SMILES string of the molecule is CC1CC2(COC2)CN1C(C)(C)C. The van der Waals surface area contributed by atoms with Crippen LogP contribution in [0.25, 0.3) is 0 Å². The van der Waals surface area contributed by atoms with Crippen LogP contribution in [0.4, 0.5) is 0 Å². The molecular formula is C11H21NO. The number of hydrogen-bond acceptors (Lipinski definition) is 2. The van der Waals surface area contributed by atoms with Crippen molar-refractivity contribution < 1.29 is 4.74 Å². The van der Waals surface area contributed by atoms with Gasteiger partial charge in [-0.05, 0) is 34.1 Å². The van der Waals surface area contributed by atoms with Gasteiger partial charge in [0.05, 0.1) is 13.2 Å². The van der Waals surface area contributed by atoms with Crippen LogP contribution in [0.1, 0.15) is 34.1 Å². The summed E-state index contributed by atoms with van der Waals surface area (Å²) in [6.07, 6.45) is 1.32. The zero-order chi connectivity index (χ0) is 9.69. The topological polar surface area (TPSA) is 12.5 Å². The Bertz CT molecular complexity index is 203. The molecule has 13 heavy (non-hydrogen) atoms. The molecule has 0 bridgehead atoms. The molecule has 0 aliphatic carbocycles. The van der Waals surface area contributed by atoms with Gasteiger partial charge in [-0.1, -0.05) is 0 Å². The predicted octanol–water partition coefficient (Wildman–Crippen LogP) is 1.90. The molecule has 0 aromatic rings. The van der Waals surface area contributed by atoms with E-state index in [4.69, 9.17) is 4.74 Å². The zero-order valence-electron chi connectivity index (χ0n) is 9.26. The summed E-state index contributed by atoms with van der Waals surface area (Å²) in [7, 11) is 0. The number of nitrogens with zero attached hydrogens (tertiary/aromatic N) is 1. The summed E-state index contributed by atoms with van der Waals surface area (Å²) in [4.78, 5) is 2.62. The van der Waals surface area contributed by atoms with E-state index in [1.54, 1.807) is 0 Å². The molecule has 2 rings (SSSR count). The highest BCUT2D eigenvalue weighted by molar-refractivity contribution is 5.01. The van der Waals surface area contributed by atoms with E-state index in [0.717, 1.165) is 19.3 Å². The first-order valence-corrected chi connectivity index (χ1v) is 5.28. The van der Waals surface area contributed by atoms with Gasteiger partial charge in [-0.25, -0.2) is 0 Å². The highest BCUT2D eigenvalue weighted by Gasteiger charge is 2.49. The molecule has 2 heteroatoms. The quantitative estimate of drug-likeness (QED) is 0.568. The van der Waals surface area contributed by atoms with Crippen molar-refractivity contribution in [3.63, 3.8) is 0 Å². The molecule has 2 aliphatic heterocycles. The molecule has 0 saturated carbocycles. The van der Waals surface area contributed by atoms with Gasteiger partial charge in [-0.2, -0.15) is 0 Å². The van der Waals surface area contributed by atoms with Crippen molar-refractivity contribution in [1.82, 2.24) is 4.90 Å². The normalized spacial score (nSPS) is 33.7. The number of likely N-dealkylation sites (tertiary alicyclic amines) is 1. The van der Waals surface area contributed by atoms with Gasteiger partial charge in [0.1, 0.15) is 0 Å². The van der Waals surface area contributed by atoms with Crippen molar-refractivity contribution in [2.75, 3.05) is 19.8 Å². The molecule has 76 valence electrons. The molecule has 0 radical (unpaired) electrons. The number of hydrogen-bond donors (Lipinski definition) is 0. The van der Waals surface area contributed by atoms with Gasteiger partial charge in [0, 0.05) is 23.5 Å². The monoisotopic (exact) mass is 183 g/mol. The smallest absolute Gasteiger partial charge is 0.0557 e. The molecule has 2 aliphatic rings. The standard InChI is InChI=1S/C11H21NO/c1-9-5-11(7-13-8-11)6-12(9)10(2,3)4/h9H,5-8H2,1-4H3. The Labute approximate surface area is 81.3 Å². The molecule has 2 heterocycles. The van der Waals surface area contributed by atoms with E-state index in [2.05, 4.69) is 32.6 Å². The molecule has 0 aromatic heterocycles. The van der Waals surface area contributed by atoms with Crippen LogP contribution in [0.2, 0.25) is 0 Å². The average Bonchev–Trinajstić information content (AvgIpc) is 2.24. The highest BCUT2D eigenvalue weighted by Crippen LogP contribution is 2.43. The molecule has 0 amide bonds. The summed E-state index contributed by atoms with van der Waals surface area (Å²) in [5.74, 6) is 0. The Morgan fingerprint density at radius 3 is 2.15 bits per heavy atom. The van der Waals surface area contributed by atoms with E-state index in [1.807, 2.05) is 0 Å². The minimum absolute atomic E-state index is 0.318. The first-order chi connectivity index (χ1) is 5.93. The third-order valence-corrected chi connectivity index (χ3v) is 3.44. The fraction of sp³-hybridized carbons (Fsp3) is 1.00. The Hall–Kier alpha value is -0.0800. The van der Waals surface area contributed by atoms with Gasteiger partial charge in [-0.15, -0.1) is 0 Å². The molecule has 1 atom stereocenters. The first kappa shape index (κ1) is 9.47. The minimum atomic E-state index is 0.318. The van der Waals surface area contributed by atoms with E-state index >= 15 is 0 Å². The maximum absolute atomic E-state index is 5.34. The minimum Gasteiger partial charge on any atom is -0.380 e. The van der Waals surface area contributed by atoms with Crippen molar-refractivity contribution in [2.45, 2.75) is 45.7 Å². The van der Waals surface area contributed by atoms with Gasteiger partial charge in [-0.3, -0.25) is 4.90 Å². The summed E-state index contributed by atoms with van der Waals surface area (Å²) >= 11 is 0. The maximum Gasteiger partial charge on any atom is 0.0557 e. The van der Waals surface area contributed by atoms with Crippen molar-refractivity contribution in [2.24, 2.45) is 5.41 Å². The molecule has 2 saturated heterocycles. The number of rotatable bonds is 0. The van der Waals surface area contributed by atoms with Crippen molar-refractivity contribution in [3.8, 4) is 0 Å². The molecule has 0 N–H and O–H groups in total. The largest absolute Gasteiger partial charge is 0.380 e. The number of ether oxygens (including phenoxy) is 1. The van der Waals surface area contributed by atoms with Gasteiger partial charge in [0.2, 0.25) is 0 Å². The summed E-state index contributed by atoms with van der Waals surface area (Å²) in [6, 6.07) is 0.726. The third kappa shape index (κ3) is 1.50. The Balaban J connectivity index is 2.07. The second kappa shape index (κ2) is 2.71. The fourth-order valence-electron chi connectivity index (χ4n) is 2.82. The predicted molar refractivity (Wildman–Crippen MR) is 53.8 cm³/mol. The lowest BCUT2D eigenvalue weighted by atomic mass is 9.84. The molecule has 2 nitrogen and oxygen atoms in total. The second-order valence-electron chi connectivity index (χ2n) is 5.84. The van der Waals surface area contributed by atoms with Crippen LogP contribution in [-0.4, -0.2) is 36.2 Å². The summed E-state index contributed by atoms with van der Waals surface area (Å²) in [5, 5.41) is 0. The summed E-state index contributed by atoms with van der Waals surface area (Å²) < 4.78 is 5.34. The Kier molecular flexibility index (Phi) is 1.97.